The lowest BCUT2D eigenvalue weighted by Gasteiger charge is -2.17. The fraction of sp³-hybridized carbons (Fsp3) is 0.500. The topological polar surface area (TPSA) is 81.6 Å². The lowest BCUT2D eigenvalue weighted by molar-refractivity contribution is 0.0946. The van der Waals surface area contributed by atoms with Gasteiger partial charge in [-0.25, -0.2) is 0 Å². The summed E-state index contributed by atoms with van der Waals surface area (Å²) < 4.78 is 12.2. The Balaban J connectivity index is 0.00000363. The molecule has 1 aromatic heterocycles. The predicted octanol–water partition coefficient (Wildman–Crippen LogP) is 3.10. The molecule has 1 aromatic carbocycles. The standard InChI is InChI=1S/C24H33N3O4.ClH/c1-17-10-13-27(14-11-18-8-9-20(30-2)21(15-18)31-3)24(29)22(17)23(28)26-16-19-7-5-4-6-12-25-19;/h8-10,13,15,19,25H,4-7,11-12,14,16H2,1-3H3,(H,26,28);1H. The monoisotopic (exact) mass is 463 g/mol. The molecule has 0 spiro atoms. The number of carbonyl (C=O) groups excluding carboxylic acids is 1. The van der Waals surface area contributed by atoms with Gasteiger partial charge in [0.05, 0.1) is 14.2 Å². The Morgan fingerprint density at radius 1 is 1.16 bits per heavy atom. The third-order valence-electron chi connectivity index (χ3n) is 5.86. The summed E-state index contributed by atoms with van der Waals surface area (Å²) >= 11 is 0. The molecule has 2 aromatic rings. The minimum Gasteiger partial charge on any atom is -0.493 e. The Bertz CT molecular complexity index is 953. The third-order valence-corrected chi connectivity index (χ3v) is 5.86. The van der Waals surface area contributed by atoms with Crippen LogP contribution in [-0.2, 0) is 13.0 Å². The molecule has 3 rings (SSSR count). The van der Waals surface area contributed by atoms with E-state index in [0.29, 0.717) is 36.6 Å². The number of nitrogens with zero attached hydrogens (tertiary/aromatic N) is 1. The van der Waals surface area contributed by atoms with Crippen LogP contribution >= 0.6 is 12.4 Å². The van der Waals surface area contributed by atoms with Crippen molar-refractivity contribution in [3.63, 3.8) is 0 Å². The average Bonchev–Trinajstić information content (AvgIpc) is 3.06. The van der Waals surface area contributed by atoms with E-state index >= 15 is 0 Å². The Morgan fingerprint density at radius 3 is 2.69 bits per heavy atom. The Kier molecular flexibility index (Phi) is 10.1. The third kappa shape index (κ3) is 6.50. The fourth-order valence-electron chi connectivity index (χ4n) is 3.98. The maximum Gasteiger partial charge on any atom is 0.263 e. The van der Waals surface area contributed by atoms with Crippen molar-refractivity contribution >= 4 is 18.3 Å². The first-order valence-electron chi connectivity index (χ1n) is 11.0. The zero-order valence-corrected chi connectivity index (χ0v) is 19.9. The number of halogens is 1. The highest BCUT2D eigenvalue weighted by atomic mass is 35.5. The Hall–Kier alpha value is -2.51. The quantitative estimate of drug-likeness (QED) is 0.628. The molecule has 1 atom stereocenters. The largest absolute Gasteiger partial charge is 0.493 e. The molecule has 2 heterocycles. The van der Waals surface area contributed by atoms with Crippen molar-refractivity contribution in [3.05, 3.63) is 57.5 Å². The van der Waals surface area contributed by atoms with Crippen LogP contribution in [0.15, 0.2) is 35.3 Å². The van der Waals surface area contributed by atoms with Crippen LogP contribution in [0.1, 0.15) is 47.2 Å². The number of rotatable bonds is 8. The molecule has 1 aliphatic rings. The number of nitrogens with one attached hydrogen (secondary N) is 2. The summed E-state index contributed by atoms with van der Waals surface area (Å²) in [6.45, 7) is 3.80. The fourth-order valence-corrected chi connectivity index (χ4v) is 3.98. The van der Waals surface area contributed by atoms with E-state index in [-0.39, 0.29) is 35.5 Å². The van der Waals surface area contributed by atoms with Crippen LogP contribution in [0, 0.1) is 6.92 Å². The molecule has 176 valence electrons. The zero-order chi connectivity index (χ0) is 22.2. The van der Waals surface area contributed by atoms with Gasteiger partial charge < -0.3 is 24.7 Å². The molecule has 32 heavy (non-hydrogen) atoms. The predicted molar refractivity (Wildman–Crippen MR) is 129 cm³/mol. The average molecular weight is 464 g/mol. The first-order valence-corrected chi connectivity index (χ1v) is 11.0. The number of amides is 1. The summed E-state index contributed by atoms with van der Waals surface area (Å²) in [6, 6.07) is 7.81. The molecular formula is C24H34ClN3O4. The van der Waals surface area contributed by atoms with Crippen molar-refractivity contribution in [2.75, 3.05) is 27.3 Å². The van der Waals surface area contributed by atoms with Crippen LogP contribution < -0.4 is 25.7 Å². The minimum atomic E-state index is -0.297. The molecule has 1 saturated heterocycles. The van der Waals surface area contributed by atoms with E-state index in [1.54, 1.807) is 31.9 Å². The molecule has 1 amide bonds. The number of pyridine rings is 1. The molecule has 1 fully saturated rings. The zero-order valence-electron chi connectivity index (χ0n) is 19.1. The van der Waals surface area contributed by atoms with Crippen LogP contribution in [0.25, 0.3) is 0 Å². The number of ether oxygens (including phenoxy) is 2. The molecule has 1 aliphatic heterocycles. The highest BCUT2D eigenvalue weighted by Crippen LogP contribution is 2.27. The van der Waals surface area contributed by atoms with Gasteiger partial charge in [-0.15, -0.1) is 12.4 Å². The Labute approximate surface area is 195 Å². The first-order chi connectivity index (χ1) is 15.0. The molecule has 2 N–H and O–H groups in total. The molecule has 8 heteroatoms. The Morgan fingerprint density at radius 2 is 1.94 bits per heavy atom. The molecule has 0 radical (unpaired) electrons. The van der Waals surface area contributed by atoms with Gasteiger partial charge in [0, 0.05) is 25.3 Å². The van der Waals surface area contributed by atoms with Crippen molar-refractivity contribution in [1.82, 2.24) is 15.2 Å². The van der Waals surface area contributed by atoms with Gasteiger partial charge in [-0.2, -0.15) is 0 Å². The summed E-state index contributed by atoms with van der Waals surface area (Å²) in [4.78, 5) is 25.8. The van der Waals surface area contributed by atoms with E-state index in [1.165, 1.54) is 19.3 Å². The van der Waals surface area contributed by atoms with Gasteiger partial charge in [-0.3, -0.25) is 9.59 Å². The van der Waals surface area contributed by atoms with Gasteiger partial charge in [-0.05, 0) is 62.1 Å². The number of methoxy groups -OCH3 is 2. The van der Waals surface area contributed by atoms with Gasteiger partial charge in [0.15, 0.2) is 11.5 Å². The van der Waals surface area contributed by atoms with E-state index in [0.717, 1.165) is 18.5 Å². The smallest absolute Gasteiger partial charge is 0.263 e. The van der Waals surface area contributed by atoms with E-state index < -0.39 is 0 Å². The first kappa shape index (κ1) is 25.7. The van der Waals surface area contributed by atoms with Gasteiger partial charge in [0.1, 0.15) is 5.56 Å². The summed E-state index contributed by atoms with van der Waals surface area (Å²) in [5.41, 5.74) is 1.68. The summed E-state index contributed by atoms with van der Waals surface area (Å²) in [6.07, 6.45) is 7.00. The lowest BCUT2D eigenvalue weighted by Crippen LogP contribution is -2.42. The molecule has 1 unspecified atom stereocenters. The minimum absolute atomic E-state index is 0. The summed E-state index contributed by atoms with van der Waals surface area (Å²) in [5.74, 6) is 1.03. The van der Waals surface area contributed by atoms with Crippen LogP contribution in [0.4, 0.5) is 0 Å². The van der Waals surface area contributed by atoms with Crippen molar-refractivity contribution in [3.8, 4) is 11.5 Å². The number of aryl methyl sites for hydroxylation is 3. The van der Waals surface area contributed by atoms with Crippen molar-refractivity contribution in [2.24, 2.45) is 0 Å². The van der Waals surface area contributed by atoms with Crippen molar-refractivity contribution < 1.29 is 14.3 Å². The number of aromatic nitrogens is 1. The highest BCUT2D eigenvalue weighted by molar-refractivity contribution is 5.95. The summed E-state index contributed by atoms with van der Waals surface area (Å²) in [7, 11) is 3.20. The molecule has 0 saturated carbocycles. The van der Waals surface area contributed by atoms with Gasteiger partial charge in [-0.1, -0.05) is 18.9 Å². The summed E-state index contributed by atoms with van der Waals surface area (Å²) in [5, 5.41) is 6.43. The molecule has 0 aliphatic carbocycles. The van der Waals surface area contributed by atoms with Crippen LogP contribution in [0.2, 0.25) is 0 Å². The normalized spacial score (nSPS) is 15.9. The molecule has 7 nitrogen and oxygen atoms in total. The van der Waals surface area contributed by atoms with E-state index in [1.807, 2.05) is 24.3 Å². The van der Waals surface area contributed by atoms with E-state index in [2.05, 4.69) is 10.6 Å². The highest BCUT2D eigenvalue weighted by Gasteiger charge is 2.18. The van der Waals surface area contributed by atoms with Crippen LogP contribution in [0.5, 0.6) is 11.5 Å². The van der Waals surface area contributed by atoms with Gasteiger partial charge >= 0.3 is 0 Å². The second kappa shape index (κ2) is 12.5. The van der Waals surface area contributed by atoms with E-state index in [9.17, 15) is 9.59 Å². The molecular weight excluding hydrogens is 430 g/mol. The van der Waals surface area contributed by atoms with Gasteiger partial charge in [0.25, 0.3) is 11.5 Å². The van der Waals surface area contributed by atoms with Crippen molar-refractivity contribution in [1.29, 1.82) is 0 Å². The van der Waals surface area contributed by atoms with Gasteiger partial charge in [0.2, 0.25) is 0 Å². The second-order valence-corrected chi connectivity index (χ2v) is 8.02. The number of hydrogen-bond acceptors (Lipinski definition) is 5. The number of benzene rings is 1. The lowest BCUT2D eigenvalue weighted by atomic mass is 10.1. The maximum absolute atomic E-state index is 13.0. The SMILES string of the molecule is COc1ccc(CCn2ccc(C)c(C(=O)NCC3CCCCCN3)c2=O)cc1OC.Cl. The second-order valence-electron chi connectivity index (χ2n) is 8.02. The van der Waals surface area contributed by atoms with Crippen LogP contribution in [-0.4, -0.2) is 43.8 Å². The maximum atomic E-state index is 13.0. The molecule has 0 bridgehead atoms. The van der Waals surface area contributed by atoms with Crippen molar-refractivity contribution in [2.45, 2.75) is 51.6 Å². The number of hydrogen-bond donors (Lipinski definition) is 2. The van der Waals surface area contributed by atoms with E-state index in [4.69, 9.17) is 9.47 Å². The van der Waals surface area contributed by atoms with Crippen LogP contribution in [0.3, 0.4) is 0 Å². The number of carbonyl (C=O) groups is 1.